The first-order chi connectivity index (χ1) is 11.5. The number of aryl methyl sites for hydroxylation is 1. The highest BCUT2D eigenvalue weighted by atomic mass is 32.1. The van der Waals surface area contributed by atoms with Crippen molar-refractivity contribution in [2.75, 3.05) is 18.4 Å². The highest BCUT2D eigenvalue weighted by Gasteiger charge is 2.28. The predicted molar refractivity (Wildman–Crippen MR) is 92.6 cm³/mol. The maximum absolute atomic E-state index is 11.0. The number of anilines is 1. The first-order valence-corrected chi connectivity index (χ1v) is 9.00. The summed E-state index contributed by atoms with van der Waals surface area (Å²) in [6.07, 6.45) is 4.97. The van der Waals surface area contributed by atoms with Crippen LogP contribution in [0.4, 0.5) is 5.13 Å². The van der Waals surface area contributed by atoms with E-state index in [2.05, 4.69) is 20.2 Å². The van der Waals surface area contributed by atoms with Crippen molar-refractivity contribution in [3.63, 3.8) is 0 Å². The van der Waals surface area contributed by atoms with Gasteiger partial charge >= 0.3 is 0 Å². The topological polar surface area (TPSA) is 83.3 Å². The van der Waals surface area contributed by atoms with Gasteiger partial charge in [-0.15, -0.1) is 11.3 Å². The summed E-state index contributed by atoms with van der Waals surface area (Å²) in [5, 5.41) is 15.9. The van der Waals surface area contributed by atoms with E-state index < -0.39 is 6.10 Å². The van der Waals surface area contributed by atoms with Gasteiger partial charge in [0.1, 0.15) is 11.9 Å². The van der Waals surface area contributed by atoms with Crippen LogP contribution in [0.1, 0.15) is 37.4 Å². The Hall–Kier alpha value is -1.77. The van der Waals surface area contributed by atoms with Gasteiger partial charge in [0.2, 0.25) is 5.91 Å². The van der Waals surface area contributed by atoms with Crippen LogP contribution in [0.5, 0.6) is 0 Å². The number of carbonyl (C=O) groups is 1. The number of aliphatic hydroxyl groups excluding tert-OH is 1. The van der Waals surface area contributed by atoms with Crippen molar-refractivity contribution in [2.45, 2.75) is 32.4 Å². The van der Waals surface area contributed by atoms with E-state index in [1.54, 1.807) is 6.20 Å². The van der Waals surface area contributed by atoms with Gasteiger partial charge in [0.25, 0.3) is 0 Å². The molecule has 0 aromatic carbocycles. The number of piperidine rings is 1. The summed E-state index contributed by atoms with van der Waals surface area (Å²) in [7, 11) is 1.91. The molecule has 130 valence electrons. The van der Waals surface area contributed by atoms with E-state index in [9.17, 15) is 9.90 Å². The average molecular weight is 349 g/mol. The number of imidazole rings is 1. The number of nitrogens with zero attached hydrogens (tertiary/aromatic N) is 4. The Morgan fingerprint density at radius 2 is 2.25 bits per heavy atom. The summed E-state index contributed by atoms with van der Waals surface area (Å²) in [5.74, 6) is 0.889. The van der Waals surface area contributed by atoms with Crippen molar-refractivity contribution in [1.29, 1.82) is 0 Å². The van der Waals surface area contributed by atoms with E-state index in [4.69, 9.17) is 0 Å². The third-order valence-electron chi connectivity index (χ3n) is 4.42. The summed E-state index contributed by atoms with van der Waals surface area (Å²) >= 11 is 1.45. The minimum Gasteiger partial charge on any atom is -0.385 e. The summed E-state index contributed by atoms with van der Waals surface area (Å²) in [6.45, 7) is 4.12. The van der Waals surface area contributed by atoms with E-state index in [-0.39, 0.29) is 11.8 Å². The van der Waals surface area contributed by atoms with Crippen molar-refractivity contribution >= 4 is 22.4 Å². The smallest absolute Gasteiger partial charge is 0.223 e. The quantitative estimate of drug-likeness (QED) is 0.860. The highest BCUT2D eigenvalue weighted by Crippen LogP contribution is 2.30. The standard InChI is InChI=1S/C16H23N5O2S/c1-11(22)18-16-19-13(10-24-16)9-21-6-3-12(4-7-21)14(23)15-17-5-8-20(15)2/h5,8,10,12,14,23H,3-4,6-7,9H2,1-2H3,(H,18,19,22). The molecule has 1 aliphatic rings. The molecule has 24 heavy (non-hydrogen) atoms. The van der Waals surface area contributed by atoms with Gasteiger partial charge in [-0.3, -0.25) is 9.69 Å². The molecule has 1 fully saturated rings. The molecule has 0 aliphatic carbocycles. The van der Waals surface area contributed by atoms with E-state index in [1.807, 2.05) is 23.2 Å². The fraction of sp³-hybridized carbons (Fsp3) is 0.562. The number of carbonyl (C=O) groups excluding carboxylic acids is 1. The fourth-order valence-corrected chi connectivity index (χ4v) is 3.86. The number of amides is 1. The molecule has 0 radical (unpaired) electrons. The molecule has 3 rings (SSSR count). The third-order valence-corrected chi connectivity index (χ3v) is 5.23. The molecule has 3 heterocycles. The number of aromatic nitrogens is 3. The molecule has 0 saturated carbocycles. The minimum absolute atomic E-state index is 0.0972. The Kier molecular flexibility index (Phi) is 5.27. The largest absolute Gasteiger partial charge is 0.385 e. The second-order valence-electron chi connectivity index (χ2n) is 6.28. The molecule has 1 saturated heterocycles. The van der Waals surface area contributed by atoms with Crippen LogP contribution in [0.2, 0.25) is 0 Å². The number of hydrogen-bond acceptors (Lipinski definition) is 6. The Bertz CT molecular complexity index is 690. The third kappa shape index (κ3) is 4.00. The molecule has 1 atom stereocenters. The molecule has 0 bridgehead atoms. The normalized spacial score (nSPS) is 17.8. The van der Waals surface area contributed by atoms with Crippen LogP contribution in [0, 0.1) is 5.92 Å². The SMILES string of the molecule is CC(=O)Nc1nc(CN2CCC(C(O)c3nccn3C)CC2)cs1. The van der Waals surface area contributed by atoms with E-state index in [0.717, 1.165) is 44.0 Å². The summed E-state index contributed by atoms with van der Waals surface area (Å²) < 4.78 is 1.88. The van der Waals surface area contributed by atoms with Crippen LogP contribution in [-0.2, 0) is 18.4 Å². The number of thiazole rings is 1. The van der Waals surface area contributed by atoms with E-state index >= 15 is 0 Å². The maximum Gasteiger partial charge on any atom is 0.223 e. The van der Waals surface area contributed by atoms with Crippen molar-refractivity contribution in [2.24, 2.45) is 13.0 Å². The van der Waals surface area contributed by atoms with Gasteiger partial charge in [-0.2, -0.15) is 0 Å². The molecule has 2 N–H and O–H groups in total. The molecule has 1 amide bonds. The lowest BCUT2D eigenvalue weighted by Crippen LogP contribution is -2.35. The molecule has 2 aromatic heterocycles. The van der Waals surface area contributed by atoms with E-state index in [1.165, 1.54) is 18.3 Å². The molecular weight excluding hydrogens is 326 g/mol. The van der Waals surface area contributed by atoms with Crippen LogP contribution in [0.25, 0.3) is 0 Å². The molecule has 8 heteroatoms. The monoisotopic (exact) mass is 349 g/mol. The molecule has 7 nitrogen and oxygen atoms in total. The molecule has 1 aliphatic heterocycles. The van der Waals surface area contributed by atoms with Crippen molar-refractivity contribution in [1.82, 2.24) is 19.4 Å². The Balaban J connectivity index is 1.51. The van der Waals surface area contributed by atoms with Crippen molar-refractivity contribution < 1.29 is 9.90 Å². The maximum atomic E-state index is 11.0. The van der Waals surface area contributed by atoms with Crippen molar-refractivity contribution in [3.8, 4) is 0 Å². The van der Waals surface area contributed by atoms with Crippen LogP contribution >= 0.6 is 11.3 Å². The zero-order valence-corrected chi connectivity index (χ0v) is 14.8. The fourth-order valence-electron chi connectivity index (χ4n) is 3.12. The number of hydrogen-bond donors (Lipinski definition) is 2. The first-order valence-electron chi connectivity index (χ1n) is 8.12. The number of likely N-dealkylation sites (tertiary alicyclic amines) is 1. The van der Waals surface area contributed by atoms with Gasteiger partial charge in [0, 0.05) is 38.3 Å². The summed E-state index contributed by atoms with van der Waals surface area (Å²) in [6, 6.07) is 0. The first kappa shape index (κ1) is 17.1. The van der Waals surface area contributed by atoms with Crippen molar-refractivity contribution in [3.05, 3.63) is 29.3 Å². The lowest BCUT2D eigenvalue weighted by Gasteiger charge is -2.33. The zero-order chi connectivity index (χ0) is 17.1. The molecule has 2 aromatic rings. The van der Waals surface area contributed by atoms with Crippen LogP contribution in [0.3, 0.4) is 0 Å². The van der Waals surface area contributed by atoms with Gasteiger partial charge in [0.15, 0.2) is 5.13 Å². The van der Waals surface area contributed by atoms with Gasteiger partial charge in [0.05, 0.1) is 5.69 Å². The Morgan fingerprint density at radius 3 is 2.88 bits per heavy atom. The van der Waals surface area contributed by atoms with Gasteiger partial charge in [-0.05, 0) is 31.8 Å². The van der Waals surface area contributed by atoms with Gasteiger partial charge in [-0.1, -0.05) is 0 Å². The minimum atomic E-state index is -0.502. The van der Waals surface area contributed by atoms with Crippen LogP contribution < -0.4 is 5.32 Å². The van der Waals surface area contributed by atoms with Gasteiger partial charge < -0.3 is 15.0 Å². The molecule has 1 unspecified atom stereocenters. The number of nitrogens with one attached hydrogen (secondary N) is 1. The second-order valence-corrected chi connectivity index (χ2v) is 7.14. The van der Waals surface area contributed by atoms with E-state index in [0.29, 0.717) is 5.13 Å². The lowest BCUT2D eigenvalue weighted by atomic mass is 9.90. The number of rotatable bonds is 5. The van der Waals surface area contributed by atoms with Gasteiger partial charge in [-0.25, -0.2) is 9.97 Å². The average Bonchev–Trinajstić information content (AvgIpc) is 3.16. The zero-order valence-electron chi connectivity index (χ0n) is 14.0. The number of aliphatic hydroxyl groups is 1. The second kappa shape index (κ2) is 7.42. The Morgan fingerprint density at radius 1 is 1.50 bits per heavy atom. The van der Waals surface area contributed by atoms with Crippen LogP contribution in [0.15, 0.2) is 17.8 Å². The van der Waals surface area contributed by atoms with Crippen LogP contribution in [-0.4, -0.2) is 43.5 Å². The molecular formula is C16H23N5O2S. The predicted octanol–water partition coefficient (Wildman–Crippen LogP) is 1.78. The Labute approximate surface area is 145 Å². The summed E-state index contributed by atoms with van der Waals surface area (Å²) in [5.41, 5.74) is 0.979. The molecule has 0 spiro atoms. The summed E-state index contributed by atoms with van der Waals surface area (Å²) in [4.78, 5) is 22.1. The lowest BCUT2D eigenvalue weighted by molar-refractivity contribution is -0.114. The highest BCUT2D eigenvalue weighted by molar-refractivity contribution is 7.13.